The third kappa shape index (κ3) is 10.7. The molecule has 7 heteroatoms. The van der Waals surface area contributed by atoms with Crippen LogP contribution < -0.4 is 0 Å². The van der Waals surface area contributed by atoms with Crippen LogP contribution in [0.2, 0.25) is 19.6 Å². The molecule has 0 N–H and O–H groups in total. The number of hydrogen-bond donors (Lipinski definition) is 0. The summed E-state index contributed by atoms with van der Waals surface area (Å²) in [6.07, 6.45) is 6.28. The van der Waals surface area contributed by atoms with Gasteiger partial charge in [-0.1, -0.05) is 55.7 Å². The van der Waals surface area contributed by atoms with E-state index in [2.05, 4.69) is 67.0 Å². The minimum absolute atomic E-state index is 0.192. The van der Waals surface area contributed by atoms with Crippen LogP contribution >= 0.6 is 0 Å². The monoisotopic (exact) mass is 556 g/mol. The summed E-state index contributed by atoms with van der Waals surface area (Å²) in [6, 6.07) is 15.8. The molecule has 2 heterocycles. The average molecular weight is 557 g/mol. The van der Waals surface area contributed by atoms with Gasteiger partial charge in [-0.2, -0.15) is 0 Å². The van der Waals surface area contributed by atoms with Gasteiger partial charge in [-0.25, -0.2) is 0 Å². The Hall–Kier alpha value is -3.36. The van der Waals surface area contributed by atoms with Gasteiger partial charge in [-0.05, 0) is 49.5 Å². The number of hydrogen-bond acceptors (Lipinski definition) is 4. The van der Waals surface area contributed by atoms with Crippen molar-refractivity contribution in [1.82, 2.24) is 19.6 Å². The number of piperazine rings is 2. The lowest BCUT2D eigenvalue weighted by molar-refractivity contribution is -0.132. The molecule has 0 atom stereocenters. The summed E-state index contributed by atoms with van der Waals surface area (Å²) in [5, 5.41) is 0. The van der Waals surface area contributed by atoms with Crippen LogP contribution in [0.15, 0.2) is 48.5 Å². The summed E-state index contributed by atoms with van der Waals surface area (Å²) >= 11 is 0. The number of nitrogens with zero attached hydrogens (tertiary/aromatic N) is 4. The van der Waals surface area contributed by atoms with E-state index in [4.69, 9.17) is 6.42 Å². The molecule has 0 unspecified atom stereocenters. The molecule has 40 heavy (non-hydrogen) atoms. The summed E-state index contributed by atoms with van der Waals surface area (Å²) < 4.78 is 0. The SMILES string of the molecule is C#Cc1cccc(CC(=O)N2CCN(C)CC2)c1.CN1CCN(C(=O)Cc2cccc(C#C[Si](C)(C)C)c2)CC1. The molecular weight excluding hydrogens is 512 g/mol. The van der Waals surface area contributed by atoms with Gasteiger partial charge in [0.2, 0.25) is 11.8 Å². The average Bonchev–Trinajstić information content (AvgIpc) is 2.93. The largest absolute Gasteiger partial charge is 0.340 e. The number of carbonyl (C=O) groups excluding carboxylic acids is 2. The van der Waals surface area contributed by atoms with Gasteiger partial charge in [0.1, 0.15) is 8.07 Å². The van der Waals surface area contributed by atoms with Gasteiger partial charge in [-0.3, -0.25) is 9.59 Å². The van der Waals surface area contributed by atoms with E-state index in [1.165, 1.54) is 0 Å². The lowest BCUT2D eigenvalue weighted by Crippen LogP contribution is -2.47. The fraction of sp³-hybridized carbons (Fsp3) is 0.455. The van der Waals surface area contributed by atoms with Crippen LogP contribution in [0, 0.1) is 23.8 Å². The van der Waals surface area contributed by atoms with Crippen LogP contribution in [0.4, 0.5) is 0 Å². The van der Waals surface area contributed by atoms with Crippen LogP contribution in [-0.4, -0.2) is 106 Å². The van der Waals surface area contributed by atoms with E-state index in [1.807, 2.05) is 52.3 Å². The third-order valence-electron chi connectivity index (χ3n) is 7.03. The fourth-order valence-corrected chi connectivity index (χ4v) is 4.99. The van der Waals surface area contributed by atoms with Gasteiger partial charge in [0.05, 0.1) is 12.8 Å². The molecular formula is C33H44N4O2Si. The smallest absolute Gasteiger partial charge is 0.227 e. The topological polar surface area (TPSA) is 47.1 Å². The molecule has 2 aliphatic rings. The normalized spacial score (nSPS) is 16.2. The molecule has 2 saturated heterocycles. The summed E-state index contributed by atoms with van der Waals surface area (Å²) in [7, 11) is 2.82. The molecule has 212 valence electrons. The second kappa shape index (κ2) is 14.9. The highest BCUT2D eigenvalue weighted by molar-refractivity contribution is 6.83. The van der Waals surface area contributed by atoms with Gasteiger partial charge in [-0.15, -0.1) is 12.0 Å². The Balaban J connectivity index is 0.000000225. The van der Waals surface area contributed by atoms with E-state index in [1.54, 1.807) is 0 Å². The highest BCUT2D eigenvalue weighted by Crippen LogP contribution is 2.10. The summed E-state index contributed by atoms with van der Waals surface area (Å²) in [6.45, 7) is 13.9. The second-order valence-electron chi connectivity index (χ2n) is 11.8. The van der Waals surface area contributed by atoms with Crippen molar-refractivity contribution in [3.63, 3.8) is 0 Å². The summed E-state index contributed by atoms with van der Waals surface area (Å²) in [5.41, 5.74) is 7.28. The predicted molar refractivity (Wildman–Crippen MR) is 167 cm³/mol. The molecule has 0 radical (unpaired) electrons. The zero-order valence-electron chi connectivity index (χ0n) is 24.9. The first-order valence-electron chi connectivity index (χ1n) is 14.1. The zero-order chi connectivity index (χ0) is 29.1. The van der Waals surface area contributed by atoms with Crippen LogP contribution in [0.1, 0.15) is 22.3 Å². The summed E-state index contributed by atoms with van der Waals surface area (Å²) in [5.74, 6) is 6.28. The minimum Gasteiger partial charge on any atom is -0.340 e. The lowest BCUT2D eigenvalue weighted by Gasteiger charge is -2.32. The van der Waals surface area contributed by atoms with E-state index in [-0.39, 0.29) is 11.8 Å². The van der Waals surface area contributed by atoms with Gasteiger partial charge < -0.3 is 19.6 Å². The predicted octanol–water partition coefficient (Wildman–Crippen LogP) is 3.22. The Labute approximate surface area is 242 Å². The van der Waals surface area contributed by atoms with Crippen molar-refractivity contribution >= 4 is 19.9 Å². The van der Waals surface area contributed by atoms with Crippen molar-refractivity contribution < 1.29 is 9.59 Å². The first-order chi connectivity index (χ1) is 19.0. The van der Waals surface area contributed by atoms with Crippen LogP contribution in [0.25, 0.3) is 0 Å². The molecule has 2 fully saturated rings. The fourth-order valence-electron chi connectivity index (χ4n) is 4.47. The van der Waals surface area contributed by atoms with Crippen molar-refractivity contribution in [2.75, 3.05) is 66.5 Å². The van der Waals surface area contributed by atoms with E-state index in [0.717, 1.165) is 74.6 Å². The maximum Gasteiger partial charge on any atom is 0.227 e. The number of benzene rings is 2. The minimum atomic E-state index is -1.36. The van der Waals surface area contributed by atoms with Crippen LogP contribution in [-0.2, 0) is 22.4 Å². The van der Waals surface area contributed by atoms with Crippen LogP contribution in [0.5, 0.6) is 0 Å². The van der Waals surface area contributed by atoms with Crippen LogP contribution in [0.3, 0.4) is 0 Å². The van der Waals surface area contributed by atoms with E-state index in [9.17, 15) is 9.59 Å². The second-order valence-corrected chi connectivity index (χ2v) is 16.5. The molecule has 2 aliphatic heterocycles. The van der Waals surface area contributed by atoms with Gasteiger partial charge in [0.25, 0.3) is 0 Å². The standard InChI is InChI=1S/C18H26N2OSi.C15H18N2O/c1-19-9-11-20(12-10-19)18(21)15-17-7-5-6-16(14-17)8-13-22(2,3)4;1-3-13-5-4-6-14(11-13)12-15(18)17-9-7-16(2)8-10-17/h5-7,14H,9-12,15H2,1-4H3;1,4-6,11H,7-10,12H2,2H3. The summed E-state index contributed by atoms with van der Waals surface area (Å²) in [4.78, 5) is 32.9. The van der Waals surface area contributed by atoms with E-state index < -0.39 is 8.07 Å². The number of amides is 2. The first-order valence-corrected chi connectivity index (χ1v) is 17.6. The number of likely N-dealkylation sites (N-methyl/N-ethyl adjacent to an activating group) is 2. The molecule has 2 amide bonds. The maximum atomic E-state index is 12.4. The molecule has 0 aliphatic carbocycles. The quantitative estimate of drug-likeness (QED) is 0.429. The highest BCUT2D eigenvalue weighted by Gasteiger charge is 2.20. The molecule has 0 saturated carbocycles. The number of terminal acetylenes is 1. The molecule has 0 spiro atoms. The van der Waals surface area contributed by atoms with Crippen molar-refractivity contribution in [2.24, 2.45) is 0 Å². The molecule has 2 aromatic rings. The molecule has 6 nitrogen and oxygen atoms in total. The van der Waals surface area contributed by atoms with Crippen molar-refractivity contribution in [2.45, 2.75) is 32.5 Å². The molecule has 2 aromatic carbocycles. The van der Waals surface area contributed by atoms with Crippen molar-refractivity contribution in [3.8, 4) is 23.8 Å². The van der Waals surface area contributed by atoms with Gasteiger partial charge in [0, 0.05) is 63.5 Å². The Morgan fingerprint density at radius 3 is 1.57 bits per heavy atom. The molecule has 4 rings (SSSR count). The first kappa shape index (κ1) is 31.2. The third-order valence-corrected chi connectivity index (χ3v) is 7.90. The molecule has 0 aromatic heterocycles. The van der Waals surface area contributed by atoms with Crippen molar-refractivity contribution in [1.29, 1.82) is 0 Å². The Bertz CT molecular complexity index is 1250. The zero-order valence-corrected chi connectivity index (χ0v) is 25.9. The van der Waals surface area contributed by atoms with Crippen molar-refractivity contribution in [3.05, 3.63) is 70.8 Å². The van der Waals surface area contributed by atoms with E-state index >= 15 is 0 Å². The molecule has 0 bridgehead atoms. The van der Waals surface area contributed by atoms with Gasteiger partial charge >= 0.3 is 0 Å². The Morgan fingerprint density at radius 2 is 1.15 bits per heavy atom. The lowest BCUT2D eigenvalue weighted by atomic mass is 10.1. The highest BCUT2D eigenvalue weighted by atomic mass is 28.3. The number of carbonyl (C=O) groups is 2. The van der Waals surface area contributed by atoms with E-state index in [0.29, 0.717) is 12.8 Å². The Kier molecular flexibility index (Phi) is 11.6. The maximum absolute atomic E-state index is 12.4. The Morgan fingerprint density at radius 1 is 0.725 bits per heavy atom. The van der Waals surface area contributed by atoms with Gasteiger partial charge in [0.15, 0.2) is 0 Å². The number of rotatable bonds is 4.